The molecule has 0 unspecified atom stereocenters. The van der Waals surface area contributed by atoms with Gasteiger partial charge in [-0.2, -0.15) is 5.10 Å². The van der Waals surface area contributed by atoms with E-state index in [2.05, 4.69) is 44.6 Å². The summed E-state index contributed by atoms with van der Waals surface area (Å²) < 4.78 is 5.23. The third-order valence-electron chi connectivity index (χ3n) is 4.37. The van der Waals surface area contributed by atoms with E-state index in [1.54, 1.807) is 12.3 Å². The van der Waals surface area contributed by atoms with E-state index in [-0.39, 0.29) is 5.91 Å². The molecule has 0 spiro atoms. The van der Waals surface area contributed by atoms with Crippen molar-refractivity contribution in [3.63, 3.8) is 0 Å². The van der Waals surface area contributed by atoms with Gasteiger partial charge in [-0.3, -0.25) is 9.69 Å². The zero-order chi connectivity index (χ0) is 17.5. The molecule has 0 radical (unpaired) electrons. The molecule has 1 aliphatic heterocycles. The van der Waals surface area contributed by atoms with Crippen molar-refractivity contribution in [3.05, 3.63) is 54.5 Å². The number of hydrazone groups is 1. The number of piperazine rings is 1. The Kier molecular flexibility index (Phi) is 5.85. The minimum Gasteiger partial charge on any atom is -0.463 e. The molecule has 6 nitrogen and oxygen atoms in total. The van der Waals surface area contributed by atoms with Crippen molar-refractivity contribution >= 4 is 17.3 Å². The Morgan fingerprint density at radius 1 is 1.12 bits per heavy atom. The lowest BCUT2D eigenvalue weighted by molar-refractivity contribution is -0.121. The monoisotopic (exact) mass is 340 g/mol. The number of rotatable bonds is 6. The summed E-state index contributed by atoms with van der Waals surface area (Å²) >= 11 is 0. The van der Waals surface area contributed by atoms with Crippen LogP contribution in [0.2, 0.25) is 0 Å². The van der Waals surface area contributed by atoms with Gasteiger partial charge in [0.25, 0.3) is 0 Å². The molecular weight excluding hydrogens is 316 g/mol. The zero-order valence-electron chi connectivity index (χ0n) is 14.5. The van der Waals surface area contributed by atoms with Gasteiger partial charge in [0.15, 0.2) is 0 Å². The number of carbonyl (C=O) groups is 1. The van der Waals surface area contributed by atoms with E-state index < -0.39 is 0 Å². The van der Waals surface area contributed by atoms with Gasteiger partial charge in [0.05, 0.1) is 6.26 Å². The van der Waals surface area contributed by atoms with Crippen LogP contribution in [0.1, 0.15) is 19.1 Å². The van der Waals surface area contributed by atoms with Crippen molar-refractivity contribution in [2.24, 2.45) is 5.10 Å². The van der Waals surface area contributed by atoms with E-state index in [0.717, 1.165) is 32.7 Å². The Morgan fingerprint density at radius 3 is 2.56 bits per heavy atom. The third kappa shape index (κ3) is 4.93. The first-order chi connectivity index (χ1) is 12.2. The van der Waals surface area contributed by atoms with Crippen LogP contribution in [-0.2, 0) is 4.79 Å². The van der Waals surface area contributed by atoms with Crippen LogP contribution in [0.25, 0.3) is 0 Å². The van der Waals surface area contributed by atoms with Crippen molar-refractivity contribution in [1.82, 2.24) is 10.3 Å². The molecule has 6 heteroatoms. The van der Waals surface area contributed by atoms with Gasteiger partial charge in [0.1, 0.15) is 11.5 Å². The van der Waals surface area contributed by atoms with Gasteiger partial charge in [-0.1, -0.05) is 18.2 Å². The second kappa shape index (κ2) is 8.48. The van der Waals surface area contributed by atoms with Crippen LogP contribution in [-0.4, -0.2) is 49.2 Å². The summed E-state index contributed by atoms with van der Waals surface area (Å²) in [5.41, 5.74) is 4.53. The van der Waals surface area contributed by atoms with E-state index in [0.29, 0.717) is 17.9 Å². The second-order valence-electron chi connectivity index (χ2n) is 6.12. The fourth-order valence-electron chi connectivity index (χ4n) is 2.87. The van der Waals surface area contributed by atoms with E-state index in [9.17, 15) is 4.79 Å². The van der Waals surface area contributed by atoms with Crippen LogP contribution >= 0.6 is 0 Å². The molecule has 0 saturated carbocycles. The number of nitrogens with one attached hydrogen (secondary N) is 1. The third-order valence-corrected chi connectivity index (χ3v) is 4.37. The van der Waals surface area contributed by atoms with Crippen molar-refractivity contribution in [1.29, 1.82) is 0 Å². The standard InChI is InChI=1S/C19H24N4O2/c1-16(18-8-5-15-25-18)20-21-19(24)9-10-22-11-13-23(14-12-22)17-6-3-2-4-7-17/h2-8,15H,9-14H2,1H3,(H,21,24). The van der Waals surface area contributed by atoms with Gasteiger partial charge in [-0.15, -0.1) is 0 Å². The van der Waals surface area contributed by atoms with Gasteiger partial charge in [0.2, 0.25) is 5.91 Å². The minimum atomic E-state index is -0.0728. The lowest BCUT2D eigenvalue weighted by atomic mass is 10.2. The maximum atomic E-state index is 12.0. The van der Waals surface area contributed by atoms with Crippen LogP contribution in [0.5, 0.6) is 0 Å². The van der Waals surface area contributed by atoms with E-state index in [1.165, 1.54) is 5.69 Å². The summed E-state index contributed by atoms with van der Waals surface area (Å²) in [7, 11) is 0. The van der Waals surface area contributed by atoms with E-state index >= 15 is 0 Å². The maximum Gasteiger partial charge on any atom is 0.241 e. The van der Waals surface area contributed by atoms with Crippen molar-refractivity contribution in [3.8, 4) is 0 Å². The Bertz CT molecular complexity index is 689. The molecule has 1 saturated heterocycles. The smallest absolute Gasteiger partial charge is 0.241 e. The first-order valence-electron chi connectivity index (χ1n) is 8.62. The molecular formula is C19H24N4O2. The van der Waals surface area contributed by atoms with Crippen LogP contribution < -0.4 is 10.3 Å². The predicted molar refractivity (Wildman–Crippen MR) is 98.8 cm³/mol. The second-order valence-corrected chi connectivity index (χ2v) is 6.12. The molecule has 0 atom stereocenters. The number of furan rings is 1. The molecule has 2 heterocycles. The predicted octanol–water partition coefficient (Wildman–Crippen LogP) is 2.33. The summed E-state index contributed by atoms with van der Waals surface area (Å²) in [5, 5.41) is 4.08. The summed E-state index contributed by atoms with van der Waals surface area (Å²) in [6.07, 6.45) is 2.03. The average molecular weight is 340 g/mol. The molecule has 25 heavy (non-hydrogen) atoms. The summed E-state index contributed by atoms with van der Waals surface area (Å²) in [5.74, 6) is 0.591. The summed E-state index contributed by atoms with van der Waals surface area (Å²) in [4.78, 5) is 16.7. The molecule has 1 N–H and O–H groups in total. The Labute approximate surface area is 148 Å². The molecule has 2 aromatic rings. The first-order valence-corrected chi connectivity index (χ1v) is 8.62. The highest BCUT2D eigenvalue weighted by Crippen LogP contribution is 2.15. The zero-order valence-corrected chi connectivity index (χ0v) is 14.5. The van der Waals surface area contributed by atoms with Crippen LogP contribution in [0.4, 0.5) is 5.69 Å². The highest BCUT2D eigenvalue weighted by atomic mass is 16.3. The Hall–Kier alpha value is -2.60. The first kappa shape index (κ1) is 17.2. The maximum absolute atomic E-state index is 12.0. The fourth-order valence-corrected chi connectivity index (χ4v) is 2.87. The van der Waals surface area contributed by atoms with Gasteiger partial charge in [-0.05, 0) is 31.2 Å². The lowest BCUT2D eigenvalue weighted by Gasteiger charge is -2.36. The Morgan fingerprint density at radius 2 is 1.88 bits per heavy atom. The van der Waals surface area contributed by atoms with E-state index in [1.807, 2.05) is 19.1 Å². The lowest BCUT2D eigenvalue weighted by Crippen LogP contribution is -2.47. The number of amides is 1. The molecule has 1 fully saturated rings. The molecule has 1 aromatic heterocycles. The summed E-state index contributed by atoms with van der Waals surface area (Å²) in [6, 6.07) is 14.1. The molecule has 1 amide bonds. The summed E-state index contributed by atoms with van der Waals surface area (Å²) in [6.45, 7) is 6.47. The largest absolute Gasteiger partial charge is 0.463 e. The molecule has 0 aliphatic carbocycles. The number of anilines is 1. The van der Waals surface area contributed by atoms with Crippen LogP contribution in [0.3, 0.4) is 0 Å². The Balaban J connectivity index is 1.38. The normalized spacial score (nSPS) is 16.0. The van der Waals surface area contributed by atoms with Gasteiger partial charge >= 0.3 is 0 Å². The highest BCUT2D eigenvalue weighted by Gasteiger charge is 2.17. The van der Waals surface area contributed by atoms with Gasteiger partial charge < -0.3 is 9.32 Å². The number of hydrogen-bond donors (Lipinski definition) is 1. The quantitative estimate of drug-likeness (QED) is 0.648. The number of carbonyl (C=O) groups excluding carboxylic acids is 1. The molecule has 0 bridgehead atoms. The topological polar surface area (TPSA) is 61.1 Å². The number of para-hydroxylation sites is 1. The van der Waals surface area contributed by atoms with Gasteiger partial charge in [-0.25, -0.2) is 5.43 Å². The number of benzene rings is 1. The van der Waals surface area contributed by atoms with Crippen LogP contribution in [0, 0.1) is 0 Å². The molecule has 132 valence electrons. The van der Waals surface area contributed by atoms with Gasteiger partial charge in [0, 0.05) is 44.8 Å². The average Bonchev–Trinajstić information content (AvgIpc) is 3.20. The number of hydrogen-bond acceptors (Lipinski definition) is 5. The van der Waals surface area contributed by atoms with Crippen molar-refractivity contribution < 1.29 is 9.21 Å². The highest BCUT2D eigenvalue weighted by molar-refractivity contribution is 5.96. The van der Waals surface area contributed by atoms with E-state index in [4.69, 9.17) is 4.42 Å². The molecule has 1 aliphatic rings. The molecule has 1 aromatic carbocycles. The van der Waals surface area contributed by atoms with Crippen LogP contribution in [0.15, 0.2) is 58.2 Å². The SMILES string of the molecule is CC(=NNC(=O)CCN1CCN(c2ccccc2)CC1)c1ccco1. The number of nitrogens with zero attached hydrogens (tertiary/aromatic N) is 3. The fraction of sp³-hybridized carbons (Fsp3) is 0.368. The molecule has 3 rings (SSSR count). The minimum absolute atomic E-state index is 0.0728. The van der Waals surface area contributed by atoms with Crippen molar-refractivity contribution in [2.45, 2.75) is 13.3 Å². The van der Waals surface area contributed by atoms with Crippen molar-refractivity contribution in [2.75, 3.05) is 37.6 Å².